The molecule has 0 unspecified atom stereocenters. The van der Waals surface area contributed by atoms with Gasteiger partial charge in [0.25, 0.3) is 0 Å². The Balaban J connectivity index is 2.99. The Labute approximate surface area is 105 Å². The molecule has 1 rings (SSSR count). The molecule has 1 aromatic heterocycles. The van der Waals surface area contributed by atoms with Gasteiger partial charge in [0.2, 0.25) is 0 Å². The number of nitrogens with zero attached hydrogens (tertiary/aromatic N) is 1. The monoisotopic (exact) mass is 252 g/mol. The zero-order valence-electron chi connectivity index (χ0n) is 10.8. The molecule has 0 fully saturated rings. The number of methoxy groups -OCH3 is 1. The minimum Gasteiger partial charge on any atom is -0.480 e. The van der Waals surface area contributed by atoms with Gasteiger partial charge in [-0.1, -0.05) is 0 Å². The second kappa shape index (κ2) is 5.03. The summed E-state index contributed by atoms with van der Waals surface area (Å²) in [4.78, 5) is 26.5. The molecule has 0 aliphatic heterocycles. The zero-order chi connectivity index (χ0) is 13.9. The Morgan fingerprint density at radius 3 is 2.44 bits per heavy atom. The molecule has 0 radical (unpaired) electrons. The predicted molar refractivity (Wildman–Crippen MR) is 65.7 cm³/mol. The van der Waals surface area contributed by atoms with Crippen LogP contribution in [0.4, 0.5) is 5.82 Å². The highest BCUT2D eigenvalue weighted by Crippen LogP contribution is 2.16. The molecule has 98 valence electrons. The smallest absolute Gasteiger partial charge is 0.339 e. The van der Waals surface area contributed by atoms with Crippen molar-refractivity contribution in [2.45, 2.75) is 26.3 Å². The van der Waals surface area contributed by atoms with Gasteiger partial charge in [-0.25, -0.2) is 14.6 Å². The Morgan fingerprint density at radius 2 is 2.00 bits per heavy atom. The van der Waals surface area contributed by atoms with Crippen LogP contribution >= 0.6 is 0 Å². The molecule has 0 aliphatic rings. The highest BCUT2D eigenvalue weighted by Gasteiger charge is 2.27. The average Bonchev–Trinajstić information content (AvgIpc) is 2.27. The van der Waals surface area contributed by atoms with Crippen LogP contribution in [-0.4, -0.2) is 34.7 Å². The Hall–Kier alpha value is -2.11. The van der Waals surface area contributed by atoms with Gasteiger partial charge in [0.15, 0.2) is 0 Å². The maximum Gasteiger partial charge on any atom is 0.339 e. The number of carboxylic acid groups (broad SMARTS) is 1. The third-order valence-electron chi connectivity index (χ3n) is 2.47. The summed E-state index contributed by atoms with van der Waals surface area (Å²) in [7, 11) is 1.29. The molecule has 0 aromatic carbocycles. The van der Waals surface area contributed by atoms with Gasteiger partial charge in [0.05, 0.1) is 18.4 Å². The second-order valence-corrected chi connectivity index (χ2v) is 4.38. The summed E-state index contributed by atoms with van der Waals surface area (Å²) in [6, 6.07) is 3.10. The lowest BCUT2D eigenvalue weighted by Gasteiger charge is -2.22. The van der Waals surface area contributed by atoms with E-state index in [0.717, 1.165) is 0 Å². The number of carbonyl (C=O) groups is 2. The lowest BCUT2D eigenvalue weighted by molar-refractivity contribution is -0.141. The Kier molecular flexibility index (Phi) is 3.90. The number of ether oxygens (including phenoxy) is 1. The van der Waals surface area contributed by atoms with Crippen LogP contribution in [0.1, 0.15) is 29.9 Å². The molecule has 0 atom stereocenters. The standard InChI is InChI=1S/C12H16N2O4/c1-7-8(10(15)18-4)5-6-9(13-7)14-12(2,3)11(16)17/h5-6H,1-4H3,(H,13,14)(H,16,17). The van der Waals surface area contributed by atoms with Crippen molar-refractivity contribution in [2.75, 3.05) is 12.4 Å². The molecule has 0 amide bonds. The molecule has 6 heteroatoms. The highest BCUT2D eigenvalue weighted by atomic mass is 16.5. The van der Waals surface area contributed by atoms with E-state index in [2.05, 4.69) is 15.0 Å². The van der Waals surface area contributed by atoms with Crippen molar-refractivity contribution >= 4 is 17.8 Å². The van der Waals surface area contributed by atoms with Crippen LogP contribution in [0.25, 0.3) is 0 Å². The van der Waals surface area contributed by atoms with Gasteiger partial charge < -0.3 is 15.2 Å². The fraction of sp³-hybridized carbons (Fsp3) is 0.417. The van der Waals surface area contributed by atoms with Crippen molar-refractivity contribution in [3.8, 4) is 0 Å². The van der Waals surface area contributed by atoms with Crippen molar-refractivity contribution in [1.29, 1.82) is 0 Å². The molecule has 6 nitrogen and oxygen atoms in total. The van der Waals surface area contributed by atoms with Crippen LogP contribution in [0.15, 0.2) is 12.1 Å². The van der Waals surface area contributed by atoms with Gasteiger partial charge in [-0.3, -0.25) is 0 Å². The van der Waals surface area contributed by atoms with E-state index in [0.29, 0.717) is 17.1 Å². The van der Waals surface area contributed by atoms with E-state index < -0.39 is 17.5 Å². The largest absolute Gasteiger partial charge is 0.480 e. The van der Waals surface area contributed by atoms with E-state index in [9.17, 15) is 9.59 Å². The molecule has 0 bridgehead atoms. The number of hydrogen-bond acceptors (Lipinski definition) is 5. The second-order valence-electron chi connectivity index (χ2n) is 4.38. The summed E-state index contributed by atoms with van der Waals surface area (Å²) < 4.78 is 4.60. The zero-order valence-corrected chi connectivity index (χ0v) is 10.8. The van der Waals surface area contributed by atoms with Crippen LogP contribution in [0, 0.1) is 6.92 Å². The van der Waals surface area contributed by atoms with Crippen molar-refractivity contribution in [3.63, 3.8) is 0 Å². The third kappa shape index (κ3) is 2.97. The van der Waals surface area contributed by atoms with Gasteiger partial charge in [0.1, 0.15) is 11.4 Å². The van der Waals surface area contributed by atoms with Gasteiger partial charge in [-0.2, -0.15) is 0 Å². The van der Waals surface area contributed by atoms with Crippen LogP contribution in [0.3, 0.4) is 0 Å². The number of aromatic nitrogens is 1. The van der Waals surface area contributed by atoms with Crippen molar-refractivity contribution in [2.24, 2.45) is 0 Å². The number of carboxylic acids is 1. The van der Waals surface area contributed by atoms with E-state index in [1.807, 2.05) is 0 Å². The fourth-order valence-corrected chi connectivity index (χ4v) is 1.33. The fourth-order valence-electron chi connectivity index (χ4n) is 1.33. The maximum atomic E-state index is 11.4. The van der Waals surface area contributed by atoms with Crippen LogP contribution in [0.2, 0.25) is 0 Å². The summed E-state index contributed by atoms with van der Waals surface area (Å²) in [6.07, 6.45) is 0. The first-order valence-corrected chi connectivity index (χ1v) is 5.35. The summed E-state index contributed by atoms with van der Waals surface area (Å²) in [5.41, 5.74) is -0.295. The van der Waals surface area contributed by atoms with E-state index in [1.54, 1.807) is 19.1 Å². The molecule has 0 saturated heterocycles. The molecule has 1 heterocycles. The third-order valence-corrected chi connectivity index (χ3v) is 2.47. The molecule has 1 aromatic rings. The lowest BCUT2D eigenvalue weighted by Crippen LogP contribution is -2.40. The molecular formula is C12H16N2O4. The first-order chi connectivity index (χ1) is 8.27. The number of hydrogen-bond donors (Lipinski definition) is 2. The molecule has 18 heavy (non-hydrogen) atoms. The van der Waals surface area contributed by atoms with Gasteiger partial charge in [0, 0.05) is 0 Å². The van der Waals surface area contributed by atoms with Gasteiger partial charge in [-0.05, 0) is 32.9 Å². The van der Waals surface area contributed by atoms with Crippen LogP contribution in [-0.2, 0) is 9.53 Å². The number of carbonyl (C=O) groups excluding carboxylic acids is 1. The molecular weight excluding hydrogens is 236 g/mol. The van der Waals surface area contributed by atoms with E-state index in [-0.39, 0.29) is 0 Å². The normalized spacial score (nSPS) is 10.9. The van der Waals surface area contributed by atoms with Gasteiger partial charge in [-0.15, -0.1) is 0 Å². The number of aryl methyl sites for hydroxylation is 1. The highest BCUT2D eigenvalue weighted by molar-refractivity contribution is 5.90. The summed E-state index contributed by atoms with van der Waals surface area (Å²) in [6.45, 7) is 4.71. The summed E-state index contributed by atoms with van der Waals surface area (Å²) in [5, 5.41) is 11.8. The molecule has 0 aliphatic carbocycles. The minimum atomic E-state index is -1.13. The van der Waals surface area contributed by atoms with E-state index in [4.69, 9.17) is 5.11 Å². The topological polar surface area (TPSA) is 88.5 Å². The maximum absolute atomic E-state index is 11.4. The summed E-state index contributed by atoms with van der Waals surface area (Å²) >= 11 is 0. The number of aliphatic carboxylic acids is 1. The number of rotatable bonds is 4. The predicted octanol–water partition coefficient (Wildman–Crippen LogP) is 1.45. The molecule has 0 spiro atoms. The van der Waals surface area contributed by atoms with E-state index >= 15 is 0 Å². The summed E-state index contributed by atoms with van der Waals surface area (Å²) in [5.74, 6) is -1.06. The van der Waals surface area contributed by atoms with Crippen molar-refractivity contribution in [1.82, 2.24) is 4.98 Å². The number of esters is 1. The SMILES string of the molecule is COC(=O)c1ccc(NC(C)(C)C(=O)O)nc1C. The van der Waals surface area contributed by atoms with Gasteiger partial charge >= 0.3 is 11.9 Å². The quantitative estimate of drug-likeness (QED) is 0.788. The molecule has 0 saturated carbocycles. The number of nitrogens with one attached hydrogen (secondary N) is 1. The Morgan fingerprint density at radius 1 is 1.39 bits per heavy atom. The molecule has 2 N–H and O–H groups in total. The minimum absolute atomic E-state index is 0.358. The van der Waals surface area contributed by atoms with Crippen LogP contribution < -0.4 is 5.32 Å². The Bertz CT molecular complexity index is 483. The van der Waals surface area contributed by atoms with Crippen molar-refractivity contribution in [3.05, 3.63) is 23.4 Å². The number of pyridine rings is 1. The number of anilines is 1. The first kappa shape index (κ1) is 14.0. The first-order valence-electron chi connectivity index (χ1n) is 5.35. The van der Waals surface area contributed by atoms with E-state index in [1.165, 1.54) is 21.0 Å². The lowest BCUT2D eigenvalue weighted by atomic mass is 10.1. The van der Waals surface area contributed by atoms with Crippen molar-refractivity contribution < 1.29 is 19.4 Å². The average molecular weight is 252 g/mol. The van der Waals surface area contributed by atoms with Crippen LogP contribution in [0.5, 0.6) is 0 Å².